The molecular formula is C12H9N3S. The van der Waals surface area contributed by atoms with E-state index in [1.54, 1.807) is 22.0 Å². The fourth-order valence-electron chi connectivity index (χ4n) is 1.56. The van der Waals surface area contributed by atoms with Crippen LogP contribution in [0.4, 0.5) is 0 Å². The van der Waals surface area contributed by atoms with Crippen molar-refractivity contribution in [3.8, 4) is 17.1 Å². The number of aromatic nitrogens is 1. The SMILES string of the molecule is Cc1sc(-n2cccc2C#N)c(C#N)c1C. The minimum Gasteiger partial charge on any atom is -0.298 e. The number of thiophene rings is 1. The fraction of sp³-hybridized carbons (Fsp3) is 0.167. The molecule has 0 saturated heterocycles. The molecule has 0 saturated carbocycles. The predicted molar refractivity (Wildman–Crippen MR) is 62.6 cm³/mol. The average molecular weight is 227 g/mol. The first-order chi connectivity index (χ1) is 7.69. The van der Waals surface area contributed by atoms with Gasteiger partial charge in [-0.1, -0.05) is 0 Å². The summed E-state index contributed by atoms with van der Waals surface area (Å²) in [5, 5.41) is 18.9. The Hall–Kier alpha value is -2.04. The van der Waals surface area contributed by atoms with Crippen LogP contribution in [0.5, 0.6) is 0 Å². The Balaban J connectivity index is 2.72. The van der Waals surface area contributed by atoms with E-state index in [0.29, 0.717) is 11.3 Å². The van der Waals surface area contributed by atoms with Gasteiger partial charge in [-0.05, 0) is 31.5 Å². The molecule has 78 valence electrons. The summed E-state index contributed by atoms with van der Waals surface area (Å²) >= 11 is 1.54. The van der Waals surface area contributed by atoms with E-state index >= 15 is 0 Å². The third-order valence-electron chi connectivity index (χ3n) is 2.56. The normalized spacial score (nSPS) is 9.75. The molecule has 0 amide bonds. The molecule has 0 radical (unpaired) electrons. The zero-order valence-corrected chi connectivity index (χ0v) is 9.80. The second-order valence-corrected chi connectivity index (χ2v) is 4.65. The van der Waals surface area contributed by atoms with Crippen LogP contribution in [0.2, 0.25) is 0 Å². The number of aryl methyl sites for hydroxylation is 1. The third kappa shape index (κ3) is 1.41. The highest BCUT2D eigenvalue weighted by atomic mass is 32.1. The Morgan fingerprint density at radius 1 is 1.25 bits per heavy atom. The number of hydrogen-bond donors (Lipinski definition) is 0. The van der Waals surface area contributed by atoms with Gasteiger partial charge in [0.25, 0.3) is 0 Å². The molecule has 0 aliphatic heterocycles. The van der Waals surface area contributed by atoms with E-state index in [2.05, 4.69) is 12.1 Å². The maximum atomic E-state index is 9.14. The van der Waals surface area contributed by atoms with Gasteiger partial charge in [0.2, 0.25) is 0 Å². The molecule has 4 heteroatoms. The van der Waals surface area contributed by atoms with Gasteiger partial charge < -0.3 is 0 Å². The Morgan fingerprint density at radius 2 is 2.00 bits per heavy atom. The van der Waals surface area contributed by atoms with Crippen LogP contribution in [-0.4, -0.2) is 4.57 Å². The minimum absolute atomic E-state index is 0.553. The molecule has 0 bridgehead atoms. The highest BCUT2D eigenvalue weighted by Gasteiger charge is 2.15. The van der Waals surface area contributed by atoms with Crippen LogP contribution in [0.1, 0.15) is 21.7 Å². The van der Waals surface area contributed by atoms with Crippen LogP contribution >= 0.6 is 11.3 Å². The molecule has 0 fully saturated rings. The van der Waals surface area contributed by atoms with Crippen molar-refractivity contribution >= 4 is 11.3 Å². The van der Waals surface area contributed by atoms with Gasteiger partial charge in [0.1, 0.15) is 22.8 Å². The quantitative estimate of drug-likeness (QED) is 0.752. The summed E-state index contributed by atoms with van der Waals surface area (Å²) in [5.74, 6) is 0. The molecule has 0 N–H and O–H groups in total. The molecular weight excluding hydrogens is 218 g/mol. The Bertz CT molecular complexity index is 620. The highest BCUT2D eigenvalue weighted by molar-refractivity contribution is 7.14. The Morgan fingerprint density at radius 3 is 2.62 bits per heavy atom. The molecule has 2 rings (SSSR count). The van der Waals surface area contributed by atoms with Crippen LogP contribution in [0, 0.1) is 36.5 Å². The smallest absolute Gasteiger partial charge is 0.125 e. The molecule has 16 heavy (non-hydrogen) atoms. The molecule has 0 spiro atoms. The number of nitriles is 2. The molecule has 0 atom stereocenters. The average Bonchev–Trinajstić information content (AvgIpc) is 2.84. The van der Waals surface area contributed by atoms with E-state index in [1.165, 1.54) is 0 Å². The first-order valence-electron chi connectivity index (χ1n) is 4.77. The number of rotatable bonds is 1. The van der Waals surface area contributed by atoms with Gasteiger partial charge in [-0.15, -0.1) is 11.3 Å². The number of nitrogens with zero attached hydrogens (tertiary/aromatic N) is 3. The van der Waals surface area contributed by atoms with Crippen LogP contribution in [0.25, 0.3) is 5.00 Å². The van der Waals surface area contributed by atoms with Gasteiger partial charge >= 0.3 is 0 Å². The van der Waals surface area contributed by atoms with E-state index in [9.17, 15) is 0 Å². The van der Waals surface area contributed by atoms with Crippen molar-refractivity contribution < 1.29 is 0 Å². The number of hydrogen-bond acceptors (Lipinski definition) is 3. The zero-order chi connectivity index (χ0) is 11.7. The Kier molecular flexibility index (Phi) is 2.52. The van der Waals surface area contributed by atoms with Crippen LogP contribution < -0.4 is 0 Å². The second kappa shape index (κ2) is 3.84. The van der Waals surface area contributed by atoms with E-state index < -0.39 is 0 Å². The lowest BCUT2D eigenvalue weighted by atomic mass is 10.2. The molecule has 0 aromatic carbocycles. The van der Waals surface area contributed by atoms with Crippen LogP contribution in [-0.2, 0) is 0 Å². The second-order valence-electron chi connectivity index (χ2n) is 3.45. The summed E-state index contributed by atoms with van der Waals surface area (Å²) in [5.41, 5.74) is 2.22. The zero-order valence-electron chi connectivity index (χ0n) is 8.98. The summed E-state index contributed by atoms with van der Waals surface area (Å²) < 4.78 is 1.77. The third-order valence-corrected chi connectivity index (χ3v) is 3.77. The summed E-state index contributed by atoms with van der Waals surface area (Å²) in [6, 6.07) is 7.87. The van der Waals surface area contributed by atoms with Gasteiger partial charge in [-0.2, -0.15) is 10.5 Å². The fourth-order valence-corrected chi connectivity index (χ4v) is 2.66. The van der Waals surface area contributed by atoms with Crippen molar-refractivity contribution in [1.29, 1.82) is 10.5 Å². The van der Waals surface area contributed by atoms with Crippen molar-refractivity contribution in [2.45, 2.75) is 13.8 Å². The molecule has 2 aromatic rings. The predicted octanol–water partition coefficient (Wildman–Crippen LogP) is 2.90. The lowest BCUT2D eigenvalue weighted by molar-refractivity contribution is 1.07. The van der Waals surface area contributed by atoms with Crippen molar-refractivity contribution in [3.05, 3.63) is 40.0 Å². The van der Waals surface area contributed by atoms with Gasteiger partial charge in [0.15, 0.2) is 0 Å². The summed E-state index contributed by atoms with van der Waals surface area (Å²) in [4.78, 5) is 1.11. The van der Waals surface area contributed by atoms with Crippen LogP contribution in [0.3, 0.4) is 0 Å². The molecule has 0 aliphatic rings. The minimum atomic E-state index is 0.553. The van der Waals surface area contributed by atoms with Gasteiger partial charge in [0.05, 0.1) is 5.56 Å². The lowest BCUT2D eigenvalue weighted by Gasteiger charge is -2.01. The molecule has 0 aliphatic carbocycles. The lowest BCUT2D eigenvalue weighted by Crippen LogP contribution is -1.94. The highest BCUT2D eigenvalue weighted by Crippen LogP contribution is 2.31. The summed E-state index contributed by atoms with van der Waals surface area (Å²) in [6.45, 7) is 3.92. The first-order valence-corrected chi connectivity index (χ1v) is 5.58. The maximum absolute atomic E-state index is 9.14. The molecule has 0 unspecified atom stereocenters. The van der Waals surface area contributed by atoms with Gasteiger partial charge in [-0.25, -0.2) is 0 Å². The van der Waals surface area contributed by atoms with Crippen LogP contribution in [0.15, 0.2) is 18.3 Å². The summed E-state index contributed by atoms with van der Waals surface area (Å²) in [7, 11) is 0. The topological polar surface area (TPSA) is 52.5 Å². The largest absolute Gasteiger partial charge is 0.298 e. The van der Waals surface area contributed by atoms with E-state index in [1.807, 2.05) is 26.1 Å². The van der Waals surface area contributed by atoms with Gasteiger partial charge in [0, 0.05) is 11.1 Å². The maximum Gasteiger partial charge on any atom is 0.125 e. The standard InChI is InChI=1S/C12H9N3S/c1-8-9(2)16-12(11(8)7-14)15-5-3-4-10(15)6-13/h3-5H,1-2H3. The van der Waals surface area contributed by atoms with Crippen molar-refractivity contribution in [1.82, 2.24) is 4.57 Å². The van der Waals surface area contributed by atoms with Crippen molar-refractivity contribution in [2.24, 2.45) is 0 Å². The van der Waals surface area contributed by atoms with Crippen molar-refractivity contribution in [2.75, 3.05) is 0 Å². The Labute approximate surface area is 97.8 Å². The van der Waals surface area contributed by atoms with E-state index in [-0.39, 0.29) is 0 Å². The van der Waals surface area contributed by atoms with Crippen molar-refractivity contribution in [3.63, 3.8) is 0 Å². The van der Waals surface area contributed by atoms with Gasteiger partial charge in [-0.3, -0.25) is 4.57 Å². The molecule has 3 nitrogen and oxygen atoms in total. The van der Waals surface area contributed by atoms with E-state index in [4.69, 9.17) is 10.5 Å². The molecule has 2 aromatic heterocycles. The monoisotopic (exact) mass is 227 g/mol. The van der Waals surface area contributed by atoms with E-state index in [0.717, 1.165) is 15.4 Å². The molecule has 2 heterocycles. The first kappa shape index (κ1) is 10.5. The summed E-state index contributed by atoms with van der Waals surface area (Å²) in [6.07, 6.45) is 1.81.